The minimum atomic E-state index is -0.197. The van der Waals surface area contributed by atoms with Crippen molar-refractivity contribution < 1.29 is 14.3 Å². The summed E-state index contributed by atoms with van der Waals surface area (Å²) in [5.74, 6) is -0.197. The summed E-state index contributed by atoms with van der Waals surface area (Å²) in [6.07, 6.45) is 2.22. The van der Waals surface area contributed by atoms with E-state index in [1.54, 1.807) is 0 Å². The molecular formula is C9H17NO3. The highest BCUT2D eigenvalue weighted by atomic mass is 16.6. The second-order valence-corrected chi connectivity index (χ2v) is 3.10. The van der Waals surface area contributed by atoms with E-state index >= 15 is 0 Å². The normalized spacial score (nSPS) is 21.8. The van der Waals surface area contributed by atoms with Crippen molar-refractivity contribution in [1.82, 2.24) is 5.32 Å². The molecule has 1 aliphatic heterocycles. The van der Waals surface area contributed by atoms with E-state index in [4.69, 9.17) is 9.47 Å². The van der Waals surface area contributed by atoms with Gasteiger partial charge in [0.15, 0.2) is 0 Å². The number of esters is 1. The Morgan fingerprint density at radius 3 is 3.15 bits per heavy atom. The highest BCUT2D eigenvalue weighted by Gasteiger charge is 2.16. The summed E-state index contributed by atoms with van der Waals surface area (Å²) in [4.78, 5) is 11.0. The molecular weight excluding hydrogens is 170 g/mol. The second-order valence-electron chi connectivity index (χ2n) is 3.10. The maximum absolute atomic E-state index is 11.0. The standard InChI is InChI=1S/C9H17NO3/c1-2-10-6-9(11)13-7-8-4-3-5-12-8/h8,10H,2-7H2,1H3. The molecule has 0 aromatic heterocycles. The van der Waals surface area contributed by atoms with Crippen molar-refractivity contribution in [2.75, 3.05) is 26.3 Å². The van der Waals surface area contributed by atoms with Crippen molar-refractivity contribution in [2.24, 2.45) is 0 Å². The Morgan fingerprint density at radius 2 is 2.54 bits per heavy atom. The van der Waals surface area contributed by atoms with E-state index in [-0.39, 0.29) is 12.1 Å². The molecule has 1 atom stereocenters. The number of hydrogen-bond acceptors (Lipinski definition) is 4. The molecule has 0 saturated carbocycles. The maximum atomic E-state index is 11.0. The fourth-order valence-electron chi connectivity index (χ4n) is 1.24. The van der Waals surface area contributed by atoms with Crippen molar-refractivity contribution in [1.29, 1.82) is 0 Å². The predicted octanol–water partition coefficient (Wildman–Crippen LogP) is 0.318. The number of rotatable bonds is 5. The third-order valence-electron chi connectivity index (χ3n) is 1.97. The summed E-state index contributed by atoms with van der Waals surface area (Å²) in [5.41, 5.74) is 0. The average molecular weight is 187 g/mol. The molecule has 0 bridgehead atoms. The number of ether oxygens (including phenoxy) is 2. The smallest absolute Gasteiger partial charge is 0.320 e. The fraction of sp³-hybridized carbons (Fsp3) is 0.889. The molecule has 1 saturated heterocycles. The van der Waals surface area contributed by atoms with Crippen molar-refractivity contribution in [3.05, 3.63) is 0 Å². The van der Waals surface area contributed by atoms with Crippen LogP contribution in [0.1, 0.15) is 19.8 Å². The zero-order chi connectivity index (χ0) is 9.52. The first-order chi connectivity index (χ1) is 6.33. The molecule has 13 heavy (non-hydrogen) atoms. The first kappa shape index (κ1) is 10.5. The molecule has 0 radical (unpaired) electrons. The third-order valence-corrected chi connectivity index (χ3v) is 1.97. The monoisotopic (exact) mass is 187 g/mol. The van der Waals surface area contributed by atoms with E-state index in [0.717, 1.165) is 26.0 Å². The van der Waals surface area contributed by atoms with Gasteiger partial charge in [-0.25, -0.2) is 0 Å². The molecule has 1 aliphatic rings. The lowest BCUT2D eigenvalue weighted by Crippen LogP contribution is -2.27. The van der Waals surface area contributed by atoms with Crippen LogP contribution in [0.25, 0.3) is 0 Å². The van der Waals surface area contributed by atoms with Gasteiger partial charge in [-0.1, -0.05) is 6.92 Å². The third kappa shape index (κ3) is 4.24. The van der Waals surface area contributed by atoms with Gasteiger partial charge in [-0.3, -0.25) is 4.79 Å². The number of carbonyl (C=O) groups excluding carboxylic acids is 1. The lowest BCUT2D eigenvalue weighted by molar-refractivity contribution is -0.145. The summed E-state index contributed by atoms with van der Waals surface area (Å²) in [5, 5.41) is 2.91. The van der Waals surface area contributed by atoms with Crippen LogP contribution in [-0.2, 0) is 14.3 Å². The minimum absolute atomic E-state index is 0.130. The first-order valence-electron chi connectivity index (χ1n) is 4.81. The summed E-state index contributed by atoms with van der Waals surface area (Å²) in [6.45, 7) is 4.24. The number of likely N-dealkylation sites (N-methyl/N-ethyl adjacent to an activating group) is 1. The zero-order valence-corrected chi connectivity index (χ0v) is 8.04. The summed E-state index contributed by atoms with van der Waals surface area (Å²) in [7, 11) is 0. The number of hydrogen-bond donors (Lipinski definition) is 1. The first-order valence-corrected chi connectivity index (χ1v) is 4.81. The van der Waals surface area contributed by atoms with Crippen molar-refractivity contribution in [2.45, 2.75) is 25.9 Å². The quantitative estimate of drug-likeness (QED) is 0.630. The minimum Gasteiger partial charge on any atom is -0.462 e. The van der Waals surface area contributed by atoms with Gasteiger partial charge in [0.25, 0.3) is 0 Å². The van der Waals surface area contributed by atoms with Crippen LogP contribution in [0.3, 0.4) is 0 Å². The molecule has 1 N–H and O–H groups in total. The predicted molar refractivity (Wildman–Crippen MR) is 48.5 cm³/mol. The van der Waals surface area contributed by atoms with Crippen molar-refractivity contribution >= 4 is 5.97 Å². The van der Waals surface area contributed by atoms with Crippen molar-refractivity contribution in [3.63, 3.8) is 0 Å². The van der Waals surface area contributed by atoms with Gasteiger partial charge in [0.05, 0.1) is 12.6 Å². The molecule has 4 heteroatoms. The van der Waals surface area contributed by atoms with Gasteiger partial charge in [-0.2, -0.15) is 0 Å². The molecule has 0 amide bonds. The zero-order valence-electron chi connectivity index (χ0n) is 8.04. The van der Waals surface area contributed by atoms with E-state index in [1.165, 1.54) is 0 Å². The van der Waals surface area contributed by atoms with Crippen LogP contribution in [0.4, 0.5) is 0 Å². The van der Waals surface area contributed by atoms with Gasteiger partial charge in [-0.05, 0) is 19.4 Å². The van der Waals surface area contributed by atoms with Crippen LogP contribution in [0.5, 0.6) is 0 Å². The Kier molecular flexibility index (Phi) is 4.78. The Labute approximate surface area is 78.6 Å². The molecule has 1 unspecified atom stereocenters. The van der Waals surface area contributed by atoms with Crippen LogP contribution in [-0.4, -0.2) is 38.4 Å². The van der Waals surface area contributed by atoms with E-state index in [0.29, 0.717) is 13.2 Å². The van der Waals surface area contributed by atoms with Crippen LogP contribution in [0.15, 0.2) is 0 Å². The molecule has 0 spiro atoms. The van der Waals surface area contributed by atoms with Gasteiger partial charge in [0.2, 0.25) is 0 Å². The van der Waals surface area contributed by atoms with Crippen LogP contribution in [0, 0.1) is 0 Å². The molecule has 0 aliphatic carbocycles. The van der Waals surface area contributed by atoms with Gasteiger partial charge in [-0.15, -0.1) is 0 Å². The highest BCUT2D eigenvalue weighted by molar-refractivity contribution is 5.71. The number of nitrogens with one attached hydrogen (secondary N) is 1. The molecule has 1 fully saturated rings. The van der Waals surface area contributed by atoms with Crippen LogP contribution >= 0.6 is 0 Å². The molecule has 0 aromatic carbocycles. The van der Waals surface area contributed by atoms with Gasteiger partial charge >= 0.3 is 5.97 Å². The Balaban J connectivity index is 2.00. The van der Waals surface area contributed by atoms with E-state index in [2.05, 4.69) is 5.32 Å². The van der Waals surface area contributed by atoms with Gasteiger partial charge < -0.3 is 14.8 Å². The Morgan fingerprint density at radius 1 is 1.69 bits per heavy atom. The van der Waals surface area contributed by atoms with E-state index < -0.39 is 0 Å². The number of carbonyl (C=O) groups is 1. The molecule has 4 nitrogen and oxygen atoms in total. The molecule has 76 valence electrons. The average Bonchev–Trinajstić information content (AvgIpc) is 2.64. The van der Waals surface area contributed by atoms with E-state index in [9.17, 15) is 4.79 Å². The topological polar surface area (TPSA) is 47.6 Å². The highest BCUT2D eigenvalue weighted by Crippen LogP contribution is 2.11. The largest absolute Gasteiger partial charge is 0.462 e. The fourth-order valence-corrected chi connectivity index (χ4v) is 1.24. The Bertz CT molecular complexity index is 155. The molecule has 0 aromatic rings. The Hall–Kier alpha value is -0.610. The maximum Gasteiger partial charge on any atom is 0.320 e. The van der Waals surface area contributed by atoms with Crippen LogP contribution < -0.4 is 5.32 Å². The van der Waals surface area contributed by atoms with Gasteiger partial charge in [0.1, 0.15) is 6.61 Å². The SMILES string of the molecule is CCNCC(=O)OCC1CCCO1. The second kappa shape index (κ2) is 5.94. The molecule has 1 heterocycles. The van der Waals surface area contributed by atoms with E-state index in [1.807, 2.05) is 6.92 Å². The van der Waals surface area contributed by atoms with Crippen LogP contribution in [0.2, 0.25) is 0 Å². The lowest BCUT2D eigenvalue weighted by Gasteiger charge is -2.09. The van der Waals surface area contributed by atoms with Crippen molar-refractivity contribution in [3.8, 4) is 0 Å². The summed E-state index contributed by atoms with van der Waals surface area (Å²) in [6, 6.07) is 0. The summed E-state index contributed by atoms with van der Waals surface area (Å²) < 4.78 is 10.3. The summed E-state index contributed by atoms with van der Waals surface area (Å²) >= 11 is 0. The van der Waals surface area contributed by atoms with Gasteiger partial charge in [0, 0.05) is 6.61 Å². The lowest BCUT2D eigenvalue weighted by atomic mass is 10.2. The molecule has 1 rings (SSSR count).